The standard InChI is InChI=1S/C11H17BrN4O2/c1-4-5-9(17)18-16-10-11(14-7(2)3)15-8(12)6-13-10/h6-7H,4-5H2,1-3H3,(H,13,16)(H,14,15). The van der Waals surface area contributed by atoms with Crippen molar-refractivity contribution < 1.29 is 9.63 Å². The molecular formula is C11H17BrN4O2. The summed E-state index contributed by atoms with van der Waals surface area (Å²) >= 11 is 3.24. The van der Waals surface area contributed by atoms with Crippen LogP contribution in [0.25, 0.3) is 0 Å². The molecule has 0 bridgehead atoms. The highest BCUT2D eigenvalue weighted by Gasteiger charge is 2.10. The minimum atomic E-state index is -0.322. The zero-order chi connectivity index (χ0) is 13.5. The summed E-state index contributed by atoms with van der Waals surface area (Å²) in [5, 5.41) is 3.11. The van der Waals surface area contributed by atoms with Gasteiger partial charge in [-0.15, -0.1) is 0 Å². The molecule has 1 heterocycles. The number of rotatable bonds is 6. The second-order valence-corrected chi connectivity index (χ2v) is 4.83. The van der Waals surface area contributed by atoms with Gasteiger partial charge in [0.2, 0.25) is 5.82 Å². The number of anilines is 2. The average Bonchev–Trinajstić information content (AvgIpc) is 2.27. The van der Waals surface area contributed by atoms with Gasteiger partial charge in [-0.05, 0) is 36.2 Å². The molecule has 0 atom stereocenters. The molecule has 0 aliphatic heterocycles. The van der Waals surface area contributed by atoms with Crippen molar-refractivity contribution in [1.82, 2.24) is 9.97 Å². The van der Waals surface area contributed by atoms with Gasteiger partial charge < -0.3 is 10.2 Å². The predicted molar refractivity (Wildman–Crippen MR) is 73.1 cm³/mol. The monoisotopic (exact) mass is 316 g/mol. The molecule has 2 N–H and O–H groups in total. The number of carbonyl (C=O) groups excluding carboxylic acids is 1. The highest BCUT2D eigenvalue weighted by atomic mass is 79.9. The number of nitrogens with one attached hydrogen (secondary N) is 2. The Labute approximate surface area is 115 Å². The second kappa shape index (κ2) is 7.15. The first-order valence-corrected chi connectivity index (χ1v) is 6.57. The van der Waals surface area contributed by atoms with E-state index in [2.05, 4.69) is 36.7 Å². The molecule has 1 aromatic rings. The first kappa shape index (κ1) is 14.7. The molecule has 0 radical (unpaired) electrons. The molecule has 1 rings (SSSR count). The van der Waals surface area contributed by atoms with Crippen LogP contribution in [-0.4, -0.2) is 22.0 Å². The van der Waals surface area contributed by atoms with Crippen molar-refractivity contribution in [2.75, 3.05) is 10.8 Å². The van der Waals surface area contributed by atoms with Crippen LogP contribution in [0.15, 0.2) is 10.8 Å². The Hall–Kier alpha value is -1.37. The molecule has 0 amide bonds. The molecular weight excluding hydrogens is 300 g/mol. The molecule has 100 valence electrons. The molecule has 0 aromatic carbocycles. The van der Waals surface area contributed by atoms with E-state index in [9.17, 15) is 4.79 Å². The Kier molecular flexibility index (Phi) is 5.84. The number of halogens is 1. The van der Waals surface area contributed by atoms with E-state index in [-0.39, 0.29) is 12.0 Å². The summed E-state index contributed by atoms with van der Waals surface area (Å²) in [6.45, 7) is 5.87. The summed E-state index contributed by atoms with van der Waals surface area (Å²) in [6.07, 6.45) is 2.63. The SMILES string of the molecule is CCCC(=O)ONc1ncc(Br)nc1NC(C)C. The van der Waals surface area contributed by atoms with Gasteiger partial charge in [-0.1, -0.05) is 6.92 Å². The Morgan fingerprint density at radius 2 is 2.22 bits per heavy atom. The van der Waals surface area contributed by atoms with E-state index < -0.39 is 0 Å². The van der Waals surface area contributed by atoms with Crippen molar-refractivity contribution in [3.05, 3.63) is 10.8 Å². The van der Waals surface area contributed by atoms with Crippen molar-refractivity contribution in [2.45, 2.75) is 39.7 Å². The summed E-state index contributed by atoms with van der Waals surface area (Å²) in [5.74, 6) is 0.595. The van der Waals surface area contributed by atoms with E-state index in [1.165, 1.54) is 6.20 Å². The highest BCUT2D eigenvalue weighted by molar-refractivity contribution is 9.10. The Balaban J connectivity index is 2.71. The first-order valence-electron chi connectivity index (χ1n) is 5.77. The van der Waals surface area contributed by atoms with Crippen molar-refractivity contribution in [3.8, 4) is 0 Å². The molecule has 0 aliphatic rings. The fraction of sp³-hybridized carbons (Fsp3) is 0.545. The van der Waals surface area contributed by atoms with E-state index in [0.29, 0.717) is 22.7 Å². The van der Waals surface area contributed by atoms with Crippen LogP contribution < -0.4 is 10.8 Å². The molecule has 1 aromatic heterocycles. The third-order valence-corrected chi connectivity index (χ3v) is 2.27. The van der Waals surface area contributed by atoms with Crippen LogP contribution in [0.5, 0.6) is 0 Å². The number of hydrogen-bond acceptors (Lipinski definition) is 6. The van der Waals surface area contributed by atoms with Gasteiger partial charge in [0.1, 0.15) is 4.60 Å². The summed E-state index contributed by atoms with van der Waals surface area (Å²) in [7, 11) is 0. The highest BCUT2D eigenvalue weighted by Crippen LogP contribution is 2.19. The minimum absolute atomic E-state index is 0.195. The van der Waals surface area contributed by atoms with E-state index in [4.69, 9.17) is 4.84 Å². The lowest BCUT2D eigenvalue weighted by Crippen LogP contribution is -2.16. The van der Waals surface area contributed by atoms with Gasteiger partial charge in [0.15, 0.2) is 5.82 Å². The van der Waals surface area contributed by atoms with E-state index >= 15 is 0 Å². The van der Waals surface area contributed by atoms with Crippen LogP contribution in [0.2, 0.25) is 0 Å². The van der Waals surface area contributed by atoms with Crippen LogP contribution in [0, 0.1) is 0 Å². The molecule has 0 saturated heterocycles. The van der Waals surface area contributed by atoms with Crippen LogP contribution in [-0.2, 0) is 9.63 Å². The fourth-order valence-corrected chi connectivity index (χ4v) is 1.46. The first-order chi connectivity index (χ1) is 8.52. The lowest BCUT2D eigenvalue weighted by molar-refractivity contribution is -0.140. The summed E-state index contributed by atoms with van der Waals surface area (Å²) in [5.41, 5.74) is 2.52. The maximum atomic E-state index is 11.3. The topological polar surface area (TPSA) is 76.1 Å². The van der Waals surface area contributed by atoms with E-state index in [0.717, 1.165) is 6.42 Å². The quantitative estimate of drug-likeness (QED) is 0.786. The maximum Gasteiger partial charge on any atom is 0.332 e. The lowest BCUT2D eigenvalue weighted by Gasteiger charge is -2.13. The van der Waals surface area contributed by atoms with Crippen LogP contribution in [0.4, 0.5) is 11.6 Å². The smallest absolute Gasteiger partial charge is 0.332 e. The number of nitrogens with zero attached hydrogens (tertiary/aromatic N) is 2. The molecule has 6 nitrogen and oxygen atoms in total. The Bertz CT molecular complexity index is 412. The molecule has 0 aliphatic carbocycles. The molecule has 7 heteroatoms. The zero-order valence-electron chi connectivity index (χ0n) is 10.7. The van der Waals surface area contributed by atoms with Gasteiger partial charge in [-0.2, -0.15) is 5.48 Å². The van der Waals surface area contributed by atoms with E-state index in [1.54, 1.807) is 0 Å². The Morgan fingerprint density at radius 1 is 1.50 bits per heavy atom. The van der Waals surface area contributed by atoms with Gasteiger partial charge in [-0.25, -0.2) is 14.8 Å². The van der Waals surface area contributed by atoms with Crippen molar-refractivity contribution in [3.63, 3.8) is 0 Å². The van der Waals surface area contributed by atoms with Crippen molar-refractivity contribution in [1.29, 1.82) is 0 Å². The number of carbonyl (C=O) groups is 1. The van der Waals surface area contributed by atoms with E-state index in [1.807, 2.05) is 20.8 Å². The molecule has 18 heavy (non-hydrogen) atoms. The zero-order valence-corrected chi connectivity index (χ0v) is 12.2. The minimum Gasteiger partial charge on any atom is -0.365 e. The largest absolute Gasteiger partial charge is 0.365 e. The van der Waals surface area contributed by atoms with Gasteiger partial charge in [-0.3, -0.25) is 0 Å². The second-order valence-electron chi connectivity index (χ2n) is 4.02. The molecule has 0 fully saturated rings. The Morgan fingerprint density at radius 3 is 2.83 bits per heavy atom. The van der Waals surface area contributed by atoms with Crippen LogP contribution in [0.3, 0.4) is 0 Å². The van der Waals surface area contributed by atoms with Crippen LogP contribution >= 0.6 is 15.9 Å². The van der Waals surface area contributed by atoms with Gasteiger partial charge in [0, 0.05) is 12.5 Å². The number of hydrogen-bond donors (Lipinski definition) is 2. The molecule has 0 spiro atoms. The molecule has 0 saturated carbocycles. The summed E-state index contributed by atoms with van der Waals surface area (Å²) in [4.78, 5) is 24.5. The average molecular weight is 317 g/mol. The normalized spacial score (nSPS) is 10.3. The van der Waals surface area contributed by atoms with Gasteiger partial charge in [0.05, 0.1) is 6.20 Å². The third-order valence-electron chi connectivity index (χ3n) is 1.88. The number of aromatic nitrogens is 2. The van der Waals surface area contributed by atoms with Crippen LogP contribution in [0.1, 0.15) is 33.6 Å². The fourth-order valence-electron chi connectivity index (χ4n) is 1.18. The van der Waals surface area contributed by atoms with Crippen molar-refractivity contribution in [2.24, 2.45) is 0 Å². The summed E-state index contributed by atoms with van der Waals surface area (Å²) in [6, 6.07) is 0.195. The lowest BCUT2D eigenvalue weighted by atomic mass is 10.3. The van der Waals surface area contributed by atoms with Gasteiger partial charge in [0.25, 0.3) is 0 Å². The van der Waals surface area contributed by atoms with Crippen molar-refractivity contribution >= 4 is 33.5 Å². The third kappa shape index (κ3) is 4.87. The maximum absolute atomic E-state index is 11.3. The molecule has 0 unspecified atom stereocenters. The summed E-state index contributed by atoms with van der Waals surface area (Å²) < 4.78 is 0.607. The van der Waals surface area contributed by atoms with Gasteiger partial charge >= 0.3 is 5.97 Å². The predicted octanol–water partition coefficient (Wildman–Crippen LogP) is 2.73.